The molecule has 7 heteroatoms. The van der Waals surface area contributed by atoms with Gasteiger partial charge < -0.3 is 24.4 Å². The molecule has 2 amide bonds. The van der Waals surface area contributed by atoms with Crippen LogP contribution < -0.4 is 24.4 Å². The van der Waals surface area contributed by atoms with Crippen LogP contribution in [0.4, 0.5) is 11.4 Å². The molecule has 29 heavy (non-hydrogen) atoms. The van der Waals surface area contributed by atoms with E-state index in [0.29, 0.717) is 34.9 Å². The summed E-state index contributed by atoms with van der Waals surface area (Å²) in [5, 5.41) is 2.91. The van der Waals surface area contributed by atoms with Crippen molar-refractivity contribution in [2.75, 3.05) is 38.1 Å². The summed E-state index contributed by atoms with van der Waals surface area (Å²) in [4.78, 5) is 26.8. The first-order chi connectivity index (χ1) is 14.0. The van der Waals surface area contributed by atoms with Gasteiger partial charge in [-0.1, -0.05) is 6.92 Å². The summed E-state index contributed by atoms with van der Waals surface area (Å²) in [7, 11) is 4.53. The second-order valence-corrected chi connectivity index (χ2v) is 6.71. The molecule has 1 aliphatic rings. The molecule has 1 aliphatic heterocycles. The van der Waals surface area contributed by atoms with Gasteiger partial charge in [-0.3, -0.25) is 9.59 Å². The lowest BCUT2D eigenvalue weighted by molar-refractivity contribution is -0.118. The van der Waals surface area contributed by atoms with Gasteiger partial charge in [0.1, 0.15) is 0 Å². The van der Waals surface area contributed by atoms with E-state index in [0.717, 1.165) is 30.6 Å². The monoisotopic (exact) mass is 398 g/mol. The van der Waals surface area contributed by atoms with E-state index in [2.05, 4.69) is 5.32 Å². The number of amides is 2. The lowest BCUT2D eigenvalue weighted by Crippen LogP contribution is -2.34. The zero-order valence-electron chi connectivity index (χ0n) is 17.2. The maximum Gasteiger partial charge on any atom is 0.255 e. The first kappa shape index (κ1) is 20.5. The number of fused-ring (bicyclic) bond motifs is 1. The van der Waals surface area contributed by atoms with Crippen LogP contribution >= 0.6 is 0 Å². The maximum absolute atomic E-state index is 12.8. The Morgan fingerprint density at radius 1 is 1.03 bits per heavy atom. The Morgan fingerprint density at radius 2 is 1.72 bits per heavy atom. The molecule has 2 aromatic rings. The molecular formula is C22H26N2O5. The Hall–Kier alpha value is -3.22. The van der Waals surface area contributed by atoms with Crippen LogP contribution in [0.3, 0.4) is 0 Å². The fraction of sp³-hybridized carbons (Fsp3) is 0.364. The van der Waals surface area contributed by atoms with E-state index in [1.54, 1.807) is 12.1 Å². The lowest BCUT2D eigenvalue weighted by Gasteiger charge is -2.29. The van der Waals surface area contributed by atoms with Gasteiger partial charge in [0.05, 0.1) is 21.3 Å². The van der Waals surface area contributed by atoms with E-state index in [1.165, 1.54) is 21.3 Å². The zero-order valence-corrected chi connectivity index (χ0v) is 17.2. The highest BCUT2D eigenvalue weighted by Gasteiger charge is 2.22. The number of nitrogens with zero attached hydrogens (tertiary/aromatic N) is 1. The second-order valence-electron chi connectivity index (χ2n) is 6.71. The highest BCUT2D eigenvalue weighted by atomic mass is 16.5. The fourth-order valence-corrected chi connectivity index (χ4v) is 3.54. The first-order valence-corrected chi connectivity index (χ1v) is 9.57. The lowest BCUT2D eigenvalue weighted by atomic mass is 10.0. The smallest absolute Gasteiger partial charge is 0.255 e. The Bertz CT molecular complexity index is 900. The van der Waals surface area contributed by atoms with Gasteiger partial charge in [-0.25, -0.2) is 0 Å². The Balaban J connectivity index is 1.86. The molecule has 0 atom stereocenters. The summed E-state index contributed by atoms with van der Waals surface area (Å²) >= 11 is 0. The van der Waals surface area contributed by atoms with Crippen LogP contribution in [-0.2, 0) is 11.2 Å². The van der Waals surface area contributed by atoms with Gasteiger partial charge in [0.2, 0.25) is 11.7 Å². The second kappa shape index (κ2) is 8.86. The SMILES string of the molecule is CCC(=O)N1CCCc2cc(NC(=O)c3cc(OC)c(OC)c(OC)c3)ccc21. The quantitative estimate of drug-likeness (QED) is 0.804. The maximum atomic E-state index is 12.8. The van der Waals surface area contributed by atoms with Crippen LogP contribution in [0.5, 0.6) is 17.2 Å². The zero-order chi connectivity index (χ0) is 21.0. The summed E-state index contributed by atoms with van der Waals surface area (Å²) < 4.78 is 15.9. The van der Waals surface area contributed by atoms with Crippen molar-refractivity contribution in [1.82, 2.24) is 0 Å². The molecule has 0 saturated heterocycles. The molecular weight excluding hydrogens is 372 g/mol. The molecule has 0 radical (unpaired) electrons. The molecule has 7 nitrogen and oxygen atoms in total. The summed E-state index contributed by atoms with van der Waals surface area (Å²) in [6.07, 6.45) is 2.25. The normalized spacial score (nSPS) is 12.8. The van der Waals surface area contributed by atoms with E-state index in [1.807, 2.05) is 30.0 Å². The average Bonchev–Trinajstić information content (AvgIpc) is 2.76. The van der Waals surface area contributed by atoms with E-state index >= 15 is 0 Å². The van der Waals surface area contributed by atoms with Gasteiger partial charge in [-0.05, 0) is 48.7 Å². The molecule has 0 fully saturated rings. The highest BCUT2D eigenvalue weighted by Crippen LogP contribution is 2.38. The van der Waals surface area contributed by atoms with Crippen molar-refractivity contribution < 1.29 is 23.8 Å². The minimum Gasteiger partial charge on any atom is -0.493 e. The van der Waals surface area contributed by atoms with Crippen molar-refractivity contribution in [3.05, 3.63) is 41.5 Å². The molecule has 0 unspecified atom stereocenters. The number of carbonyl (C=O) groups is 2. The number of hydrogen-bond donors (Lipinski definition) is 1. The molecule has 0 spiro atoms. The van der Waals surface area contributed by atoms with E-state index in [9.17, 15) is 9.59 Å². The third kappa shape index (κ3) is 4.13. The van der Waals surface area contributed by atoms with Gasteiger partial charge in [0.15, 0.2) is 11.5 Å². The Kier molecular flexibility index (Phi) is 6.26. The van der Waals surface area contributed by atoms with Gasteiger partial charge in [-0.2, -0.15) is 0 Å². The Morgan fingerprint density at radius 3 is 2.31 bits per heavy atom. The molecule has 0 bridgehead atoms. The number of rotatable bonds is 6. The van der Waals surface area contributed by atoms with Crippen LogP contribution in [-0.4, -0.2) is 39.7 Å². The predicted octanol–water partition coefficient (Wildman–Crippen LogP) is 3.65. The molecule has 1 heterocycles. The number of benzene rings is 2. The summed E-state index contributed by atoms with van der Waals surface area (Å²) in [5.41, 5.74) is 3.04. The predicted molar refractivity (Wildman–Crippen MR) is 111 cm³/mol. The van der Waals surface area contributed by atoms with Gasteiger partial charge >= 0.3 is 0 Å². The molecule has 154 valence electrons. The van der Waals surface area contributed by atoms with E-state index in [-0.39, 0.29) is 11.8 Å². The largest absolute Gasteiger partial charge is 0.493 e. The fourth-order valence-electron chi connectivity index (χ4n) is 3.54. The summed E-state index contributed by atoms with van der Waals surface area (Å²) in [5.74, 6) is 1.08. The highest BCUT2D eigenvalue weighted by molar-refractivity contribution is 6.05. The first-order valence-electron chi connectivity index (χ1n) is 9.57. The van der Waals surface area contributed by atoms with Gasteiger partial charge in [0, 0.05) is 29.9 Å². The molecule has 2 aromatic carbocycles. The van der Waals surface area contributed by atoms with Crippen LogP contribution in [0, 0.1) is 0 Å². The number of carbonyl (C=O) groups excluding carboxylic acids is 2. The molecule has 0 aromatic heterocycles. The molecule has 0 aliphatic carbocycles. The van der Waals surface area contributed by atoms with Crippen molar-refractivity contribution in [3.63, 3.8) is 0 Å². The summed E-state index contributed by atoms with van der Waals surface area (Å²) in [6.45, 7) is 2.60. The van der Waals surface area contributed by atoms with E-state index in [4.69, 9.17) is 14.2 Å². The molecule has 3 rings (SSSR count). The molecule has 0 saturated carbocycles. The number of anilines is 2. The Labute approximate surface area is 170 Å². The van der Waals surface area contributed by atoms with Gasteiger partial charge in [-0.15, -0.1) is 0 Å². The van der Waals surface area contributed by atoms with Crippen LogP contribution in [0.2, 0.25) is 0 Å². The van der Waals surface area contributed by atoms with Crippen molar-refractivity contribution in [1.29, 1.82) is 0 Å². The standard InChI is InChI=1S/C22H26N2O5/c1-5-20(25)24-10-6-7-14-11-16(8-9-17(14)24)23-22(26)15-12-18(27-2)21(29-4)19(13-15)28-3/h8-9,11-13H,5-7,10H2,1-4H3,(H,23,26). The average molecular weight is 398 g/mol. The topological polar surface area (TPSA) is 77.1 Å². The number of nitrogens with one attached hydrogen (secondary N) is 1. The number of ether oxygens (including phenoxy) is 3. The van der Waals surface area contributed by atoms with Crippen LogP contribution in [0.15, 0.2) is 30.3 Å². The third-order valence-corrected chi connectivity index (χ3v) is 4.99. The van der Waals surface area contributed by atoms with Crippen LogP contribution in [0.1, 0.15) is 35.7 Å². The number of aryl methyl sites for hydroxylation is 1. The molecule has 1 N–H and O–H groups in total. The van der Waals surface area contributed by atoms with Crippen molar-refractivity contribution in [2.45, 2.75) is 26.2 Å². The van der Waals surface area contributed by atoms with Crippen molar-refractivity contribution >= 4 is 23.2 Å². The van der Waals surface area contributed by atoms with Crippen molar-refractivity contribution in [3.8, 4) is 17.2 Å². The van der Waals surface area contributed by atoms with Crippen molar-refractivity contribution in [2.24, 2.45) is 0 Å². The number of hydrogen-bond acceptors (Lipinski definition) is 5. The van der Waals surface area contributed by atoms with E-state index < -0.39 is 0 Å². The minimum absolute atomic E-state index is 0.111. The summed E-state index contributed by atoms with van der Waals surface area (Å²) in [6, 6.07) is 8.86. The third-order valence-electron chi connectivity index (χ3n) is 4.99. The minimum atomic E-state index is -0.290. The van der Waals surface area contributed by atoms with Crippen LogP contribution in [0.25, 0.3) is 0 Å². The van der Waals surface area contributed by atoms with Gasteiger partial charge in [0.25, 0.3) is 5.91 Å². The number of methoxy groups -OCH3 is 3.